The lowest BCUT2D eigenvalue weighted by molar-refractivity contribution is -0.123. The van der Waals surface area contributed by atoms with Gasteiger partial charge >= 0.3 is 6.18 Å². The van der Waals surface area contributed by atoms with E-state index in [0.717, 1.165) is 0 Å². The number of hydrogen-bond donors (Lipinski definition) is 2. The lowest BCUT2D eigenvalue weighted by Gasteiger charge is -2.11. The fraction of sp³-hybridized carbons (Fsp3) is 0.188. The molecule has 0 saturated heterocycles. The van der Waals surface area contributed by atoms with E-state index in [9.17, 15) is 22.8 Å². The standard InChI is InChI=1S/C16H13F3N6O2/c1-9-6-7-20-15-23-12(24-25(9)15)14(27)22-11-5-3-2-4-10(11)13(26)21-8-16(17,18)19/h2-7H,8H2,1H3,(H,21,26)(H,22,27). The quantitative estimate of drug-likeness (QED) is 0.723. The van der Waals surface area contributed by atoms with Crippen LogP contribution in [0.1, 0.15) is 26.7 Å². The van der Waals surface area contributed by atoms with E-state index in [1.807, 2.05) is 0 Å². The highest BCUT2D eigenvalue weighted by atomic mass is 19.4. The van der Waals surface area contributed by atoms with E-state index in [0.29, 0.717) is 5.69 Å². The summed E-state index contributed by atoms with van der Waals surface area (Å²) in [5.41, 5.74) is 0.623. The summed E-state index contributed by atoms with van der Waals surface area (Å²) in [4.78, 5) is 32.4. The number of benzene rings is 1. The summed E-state index contributed by atoms with van der Waals surface area (Å²) in [6.45, 7) is 0.276. The summed E-state index contributed by atoms with van der Waals surface area (Å²) >= 11 is 0. The van der Waals surface area contributed by atoms with Gasteiger partial charge in [-0.3, -0.25) is 9.59 Å². The van der Waals surface area contributed by atoms with Crippen LogP contribution in [0.3, 0.4) is 0 Å². The van der Waals surface area contributed by atoms with Crippen molar-refractivity contribution in [3.8, 4) is 0 Å². The smallest absolute Gasteiger partial charge is 0.343 e. The first-order valence-corrected chi connectivity index (χ1v) is 7.68. The first-order chi connectivity index (χ1) is 12.7. The average molecular weight is 378 g/mol. The van der Waals surface area contributed by atoms with E-state index in [-0.39, 0.29) is 22.9 Å². The van der Waals surface area contributed by atoms with Gasteiger partial charge in [0.25, 0.3) is 17.6 Å². The van der Waals surface area contributed by atoms with E-state index >= 15 is 0 Å². The van der Waals surface area contributed by atoms with E-state index < -0.39 is 24.5 Å². The number of nitrogens with zero attached hydrogens (tertiary/aromatic N) is 4. The second kappa shape index (κ2) is 7.02. The molecular formula is C16H13F3N6O2. The molecule has 0 spiro atoms. The number of fused-ring (bicyclic) bond motifs is 1. The van der Waals surface area contributed by atoms with Crippen LogP contribution in [0.15, 0.2) is 36.5 Å². The predicted octanol–water partition coefficient (Wildman–Crippen LogP) is 1.98. The number of hydrogen-bond acceptors (Lipinski definition) is 5. The van der Waals surface area contributed by atoms with Crippen molar-refractivity contribution in [3.63, 3.8) is 0 Å². The molecule has 140 valence electrons. The van der Waals surface area contributed by atoms with Crippen molar-refractivity contribution in [1.82, 2.24) is 24.9 Å². The maximum Gasteiger partial charge on any atom is 0.405 e. The first kappa shape index (κ1) is 18.3. The molecule has 0 unspecified atom stereocenters. The predicted molar refractivity (Wildman–Crippen MR) is 88.3 cm³/mol. The monoisotopic (exact) mass is 378 g/mol. The van der Waals surface area contributed by atoms with Crippen LogP contribution in [-0.4, -0.2) is 44.1 Å². The molecule has 2 aromatic heterocycles. The van der Waals surface area contributed by atoms with Gasteiger partial charge < -0.3 is 10.6 Å². The minimum atomic E-state index is -4.54. The summed E-state index contributed by atoms with van der Waals surface area (Å²) in [6, 6.07) is 7.36. The van der Waals surface area contributed by atoms with Crippen LogP contribution in [0.2, 0.25) is 0 Å². The van der Waals surface area contributed by atoms with Crippen molar-refractivity contribution in [2.24, 2.45) is 0 Å². The fourth-order valence-electron chi connectivity index (χ4n) is 2.25. The summed E-state index contributed by atoms with van der Waals surface area (Å²) in [7, 11) is 0. The second-order valence-corrected chi connectivity index (χ2v) is 5.53. The number of aromatic nitrogens is 4. The van der Waals surface area contributed by atoms with Crippen LogP contribution < -0.4 is 10.6 Å². The molecule has 27 heavy (non-hydrogen) atoms. The molecule has 3 rings (SSSR count). The van der Waals surface area contributed by atoms with Crippen LogP contribution in [0.5, 0.6) is 0 Å². The van der Waals surface area contributed by atoms with E-state index in [4.69, 9.17) is 0 Å². The van der Waals surface area contributed by atoms with Gasteiger partial charge in [0.15, 0.2) is 0 Å². The summed E-state index contributed by atoms with van der Waals surface area (Å²) < 4.78 is 38.2. The molecule has 2 heterocycles. The number of alkyl halides is 3. The third-order valence-corrected chi connectivity index (χ3v) is 3.50. The van der Waals surface area contributed by atoms with E-state index in [1.54, 1.807) is 18.3 Å². The van der Waals surface area contributed by atoms with Crippen LogP contribution in [-0.2, 0) is 0 Å². The molecule has 0 fully saturated rings. The normalized spacial score (nSPS) is 11.4. The van der Waals surface area contributed by atoms with Crippen molar-refractivity contribution in [1.29, 1.82) is 0 Å². The topological polar surface area (TPSA) is 101 Å². The Morgan fingerprint density at radius 1 is 1.15 bits per heavy atom. The molecule has 0 saturated carbocycles. The van der Waals surface area contributed by atoms with Gasteiger partial charge in [0, 0.05) is 11.9 Å². The highest BCUT2D eigenvalue weighted by molar-refractivity contribution is 6.07. The van der Waals surface area contributed by atoms with Gasteiger partial charge in [-0.25, -0.2) is 9.50 Å². The van der Waals surface area contributed by atoms with Gasteiger partial charge in [-0.05, 0) is 25.1 Å². The molecule has 1 aromatic carbocycles. The van der Waals surface area contributed by atoms with Gasteiger partial charge in [0.1, 0.15) is 6.54 Å². The number of carbonyl (C=O) groups is 2. The van der Waals surface area contributed by atoms with Crippen molar-refractivity contribution >= 4 is 23.3 Å². The minimum absolute atomic E-state index is 0.0331. The zero-order valence-electron chi connectivity index (χ0n) is 13.9. The number of anilines is 1. The minimum Gasteiger partial charge on any atom is -0.343 e. The van der Waals surface area contributed by atoms with Gasteiger partial charge in [0.2, 0.25) is 5.82 Å². The number of halogens is 3. The zero-order valence-corrected chi connectivity index (χ0v) is 13.9. The average Bonchev–Trinajstić information content (AvgIpc) is 3.05. The van der Waals surface area contributed by atoms with Gasteiger partial charge in [-0.1, -0.05) is 12.1 Å². The molecule has 2 amide bonds. The molecule has 0 aliphatic heterocycles. The van der Waals surface area contributed by atoms with E-state index in [1.165, 1.54) is 35.0 Å². The third kappa shape index (κ3) is 4.19. The SMILES string of the molecule is Cc1ccnc2nc(C(=O)Nc3ccccc3C(=O)NCC(F)(F)F)nn12. The second-order valence-electron chi connectivity index (χ2n) is 5.53. The van der Waals surface area contributed by atoms with Crippen molar-refractivity contribution in [2.75, 3.05) is 11.9 Å². The zero-order chi connectivity index (χ0) is 19.6. The Hall–Kier alpha value is -3.50. The molecule has 8 nitrogen and oxygen atoms in total. The Morgan fingerprint density at radius 3 is 2.59 bits per heavy atom. The summed E-state index contributed by atoms with van der Waals surface area (Å²) in [5, 5.41) is 8.23. The number of amides is 2. The molecule has 0 radical (unpaired) electrons. The highest BCUT2D eigenvalue weighted by Crippen LogP contribution is 2.17. The molecule has 3 aromatic rings. The third-order valence-electron chi connectivity index (χ3n) is 3.50. The number of para-hydroxylation sites is 1. The number of carbonyl (C=O) groups excluding carboxylic acids is 2. The Labute approximate surface area is 150 Å². The van der Waals surface area contributed by atoms with Crippen LogP contribution in [0.25, 0.3) is 5.78 Å². The lowest BCUT2D eigenvalue weighted by atomic mass is 10.1. The molecule has 0 aliphatic rings. The molecule has 0 aliphatic carbocycles. The van der Waals surface area contributed by atoms with E-state index in [2.05, 4.69) is 20.4 Å². The number of aryl methyl sites for hydroxylation is 1. The molecule has 0 bridgehead atoms. The van der Waals surface area contributed by atoms with Crippen molar-refractivity contribution in [3.05, 3.63) is 53.6 Å². The molecular weight excluding hydrogens is 365 g/mol. The van der Waals surface area contributed by atoms with Gasteiger partial charge in [0.05, 0.1) is 11.3 Å². The maximum atomic E-state index is 12.4. The number of rotatable bonds is 4. The highest BCUT2D eigenvalue weighted by Gasteiger charge is 2.28. The first-order valence-electron chi connectivity index (χ1n) is 7.68. The van der Waals surface area contributed by atoms with Crippen LogP contribution in [0, 0.1) is 6.92 Å². The number of nitrogens with one attached hydrogen (secondary N) is 2. The summed E-state index contributed by atoms with van der Waals surface area (Å²) in [5.74, 6) is -1.67. The molecule has 11 heteroatoms. The van der Waals surface area contributed by atoms with Crippen LogP contribution >= 0.6 is 0 Å². The Kier molecular flexibility index (Phi) is 4.75. The lowest BCUT2D eigenvalue weighted by Crippen LogP contribution is -2.34. The van der Waals surface area contributed by atoms with Crippen molar-refractivity contribution < 1.29 is 22.8 Å². The largest absolute Gasteiger partial charge is 0.405 e. The van der Waals surface area contributed by atoms with Crippen molar-refractivity contribution in [2.45, 2.75) is 13.1 Å². The maximum absolute atomic E-state index is 12.4. The fourth-order valence-corrected chi connectivity index (χ4v) is 2.25. The van der Waals surface area contributed by atoms with Crippen LogP contribution in [0.4, 0.5) is 18.9 Å². The van der Waals surface area contributed by atoms with Gasteiger partial charge in [-0.15, -0.1) is 5.10 Å². The summed E-state index contributed by atoms with van der Waals surface area (Å²) in [6.07, 6.45) is -3.03. The van der Waals surface area contributed by atoms with Gasteiger partial charge in [-0.2, -0.15) is 18.2 Å². The Morgan fingerprint density at radius 2 is 1.89 bits per heavy atom. The molecule has 2 N–H and O–H groups in total. The Bertz CT molecular complexity index is 1010. The molecule has 0 atom stereocenters. The Balaban J connectivity index is 1.81.